The quantitative estimate of drug-likeness (QED) is 0.350. The largest absolute Gasteiger partial charge is 0.491 e. The fraction of sp³-hybridized carbons (Fsp3) is 0.556. The molecule has 1 unspecified atom stereocenters. The van der Waals surface area contributed by atoms with Crippen LogP contribution >= 0.6 is 0 Å². The van der Waals surface area contributed by atoms with Crippen LogP contribution in [0.5, 0.6) is 0 Å². The van der Waals surface area contributed by atoms with Crippen LogP contribution in [0.15, 0.2) is 24.0 Å². The third kappa shape index (κ3) is 2.76. The Kier molecular flexibility index (Phi) is 2.71. The summed E-state index contributed by atoms with van der Waals surface area (Å²) in [6, 6.07) is 0. The molecule has 1 aliphatic heterocycles. The average molecular weight is 154 g/mol. The maximum atomic E-state index is 5.41. The number of hydrogen-bond acceptors (Lipinski definition) is 2. The highest BCUT2D eigenvalue weighted by molar-refractivity contribution is 5.19. The van der Waals surface area contributed by atoms with Crippen molar-refractivity contribution in [1.29, 1.82) is 0 Å². The average Bonchev–Trinajstić information content (AvgIpc) is 2.72. The number of epoxide rings is 1. The third-order valence-electron chi connectivity index (χ3n) is 1.51. The maximum absolute atomic E-state index is 5.41. The van der Waals surface area contributed by atoms with Crippen LogP contribution in [0.2, 0.25) is 0 Å². The van der Waals surface area contributed by atoms with Gasteiger partial charge in [0.05, 0.1) is 6.61 Å². The summed E-state index contributed by atoms with van der Waals surface area (Å²) < 4.78 is 10.4. The predicted molar refractivity (Wildman–Crippen MR) is 44.3 cm³/mol. The number of ether oxygens (including phenoxy) is 2. The van der Waals surface area contributed by atoms with Crippen LogP contribution in [0.4, 0.5) is 0 Å². The van der Waals surface area contributed by atoms with E-state index in [-0.39, 0.29) is 0 Å². The molecule has 1 atom stereocenters. The minimum atomic E-state index is 0.323. The van der Waals surface area contributed by atoms with Gasteiger partial charge in [0, 0.05) is 0 Å². The third-order valence-corrected chi connectivity index (χ3v) is 1.51. The zero-order chi connectivity index (χ0) is 8.27. The SMILES string of the molecule is C=C(C)/C(=C\C)OCC1CO1. The van der Waals surface area contributed by atoms with Crippen molar-refractivity contribution in [2.24, 2.45) is 0 Å². The van der Waals surface area contributed by atoms with Gasteiger partial charge in [-0.1, -0.05) is 6.58 Å². The highest BCUT2D eigenvalue weighted by Gasteiger charge is 2.23. The molecular formula is C9H14O2. The maximum Gasteiger partial charge on any atom is 0.117 e. The van der Waals surface area contributed by atoms with Gasteiger partial charge in [0.25, 0.3) is 0 Å². The van der Waals surface area contributed by atoms with E-state index in [9.17, 15) is 0 Å². The highest BCUT2D eigenvalue weighted by atomic mass is 16.6. The molecule has 0 amide bonds. The molecule has 0 aromatic rings. The summed E-state index contributed by atoms with van der Waals surface area (Å²) in [6.45, 7) is 9.17. The molecule has 0 radical (unpaired) electrons. The normalized spacial score (nSPS) is 23.1. The summed E-state index contributed by atoms with van der Waals surface area (Å²) in [5.41, 5.74) is 0.966. The van der Waals surface area contributed by atoms with Crippen molar-refractivity contribution in [3.05, 3.63) is 24.0 Å². The second-order valence-corrected chi connectivity index (χ2v) is 2.70. The molecule has 2 heteroatoms. The lowest BCUT2D eigenvalue weighted by Gasteiger charge is -2.07. The smallest absolute Gasteiger partial charge is 0.117 e. The van der Waals surface area contributed by atoms with Gasteiger partial charge in [-0.25, -0.2) is 0 Å². The second kappa shape index (κ2) is 3.58. The fourth-order valence-electron chi connectivity index (χ4n) is 0.800. The molecule has 1 aliphatic rings. The van der Waals surface area contributed by atoms with Crippen molar-refractivity contribution in [2.45, 2.75) is 20.0 Å². The molecule has 0 aromatic heterocycles. The van der Waals surface area contributed by atoms with Crippen molar-refractivity contribution in [3.8, 4) is 0 Å². The minimum Gasteiger partial charge on any atom is -0.491 e. The van der Waals surface area contributed by atoms with Crippen molar-refractivity contribution in [2.75, 3.05) is 13.2 Å². The molecule has 11 heavy (non-hydrogen) atoms. The first-order valence-corrected chi connectivity index (χ1v) is 3.80. The van der Waals surface area contributed by atoms with Crippen molar-refractivity contribution < 1.29 is 9.47 Å². The monoisotopic (exact) mass is 154 g/mol. The zero-order valence-electron chi connectivity index (χ0n) is 7.09. The molecule has 0 bridgehead atoms. The Hall–Kier alpha value is -0.760. The lowest BCUT2D eigenvalue weighted by atomic mass is 10.3. The molecular weight excluding hydrogens is 140 g/mol. The van der Waals surface area contributed by atoms with E-state index in [1.54, 1.807) is 0 Å². The van der Waals surface area contributed by atoms with Crippen LogP contribution in [0, 0.1) is 0 Å². The first-order chi connectivity index (χ1) is 5.24. The van der Waals surface area contributed by atoms with Gasteiger partial charge in [0.2, 0.25) is 0 Å². The van der Waals surface area contributed by atoms with Crippen LogP contribution in [0.3, 0.4) is 0 Å². The lowest BCUT2D eigenvalue weighted by molar-refractivity contribution is 0.189. The van der Waals surface area contributed by atoms with Crippen molar-refractivity contribution >= 4 is 0 Å². The van der Waals surface area contributed by atoms with Gasteiger partial charge >= 0.3 is 0 Å². The summed E-state index contributed by atoms with van der Waals surface area (Å²) >= 11 is 0. The van der Waals surface area contributed by atoms with E-state index >= 15 is 0 Å². The van der Waals surface area contributed by atoms with Gasteiger partial charge in [0.1, 0.15) is 18.5 Å². The number of rotatable bonds is 4. The van der Waals surface area contributed by atoms with E-state index in [0.717, 1.165) is 17.9 Å². The molecule has 62 valence electrons. The van der Waals surface area contributed by atoms with Crippen molar-refractivity contribution in [1.82, 2.24) is 0 Å². The minimum absolute atomic E-state index is 0.323. The first kappa shape index (κ1) is 8.34. The topological polar surface area (TPSA) is 21.8 Å². The Balaban J connectivity index is 2.25. The Bertz CT molecular complexity index is 178. The Labute approximate surface area is 67.5 Å². The molecule has 1 saturated heterocycles. The summed E-state index contributed by atoms with van der Waals surface area (Å²) in [5.74, 6) is 0.875. The molecule has 0 aliphatic carbocycles. The summed E-state index contributed by atoms with van der Waals surface area (Å²) in [5, 5.41) is 0. The molecule has 1 fully saturated rings. The van der Waals surface area contributed by atoms with Gasteiger partial charge in [-0.3, -0.25) is 0 Å². The lowest BCUT2D eigenvalue weighted by Crippen LogP contribution is -2.01. The molecule has 1 rings (SSSR count). The van der Waals surface area contributed by atoms with Gasteiger partial charge in [-0.15, -0.1) is 0 Å². The molecule has 0 spiro atoms. The van der Waals surface area contributed by atoms with Crippen LogP contribution in [0.25, 0.3) is 0 Å². The van der Waals surface area contributed by atoms with Crippen LogP contribution in [0.1, 0.15) is 13.8 Å². The fourth-order valence-corrected chi connectivity index (χ4v) is 0.800. The summed E-state index contributed by atoms with van der Waals surface area (Å²) in [6.07, 6.45) is 2.24. The van der Waals surface area contributed by atoms with E-state index in [1.807, 2.05) is 19.9 Å². The second-order valence-electron chi connectivity index (χ2n) is 2.70. The zero-order valence-corrected chi connectivity index (χ0v) is 7.09. The van der Waals surface area contributed by atoms with E-state index in [2.05, 4.69) is 6.58 Å². The standard InChI is InChI=1S/C9H14O2/c1-4-9(7(2)3)11-6-8-5-10-8/h4,8H,2,5-6H2,1,3H3/b9-4+. The first-order valence-electron chi connectivity index (χ1n) is 3.80. The highest BCUT2D eigenvalue weighted by Crippen LogP contribution is 2.14. The Morgan fingerprint density at radius 1 is 1.82 bits per heavy atom. The molecule has 0 saturated carbocycles. The number of hydrogen-bond donors (Lipinski definition) is 0. The van der Waals surface area contributed by atoms with Crippen LogP contribution in [-0.2, 0) is 9.47 Å². The molecule has 1 heterocycles. The van der Waals surface area contributed by atoms with E-state index < -0.39 is 0 Å². The van der Waals surface area contributed by atoms with Gasteiger partial charge in [-0.2, -0.15) is 0 Å². The van der Waals surface area contributed by atoms with Crippen LogP contribution < -0.4 is 0 Å². The summed E-state index contributed by atoms with van der Waals surface area (Å²) in [4.78, 5) is 0. The molecule has 0 N–H and O–H groups in total. The van der Waals surface area contributed by atoms with Gasteiger partial charge in [-0.05, 0) is 25.5 Å². The van der Waals surface area contributed by atoms with Crippen molar-refractivity contribution in [3.63, 3.8) is 0 Å². The number of allylic oxidation sites excluding steroid dienone is 2. The van der Waals surface area contributed by atoms with E-state index in [0.29, 0.717) is 12.7 Å². The van der Waals surface area contributed by atoms with Gasteiger partial charge in [0.15, 0.2) is 0 Å². The molecule has 2 nitrogen and oxygen atoms in total. The summed E-state index contributed by atoms with van der Waals surface area (Å²) in [7, 11) is 0. The van der Waals surface area contributed by atoms with E-state index in [1.165, 1.54) is 0 Å². The molecule has 0 aromatic carbocycles. The van der Waals surface area contributed by atoms with E-state index in [4.69, 9.17) is 9.47 Å². The Morgan fingerprint density at radius 3 is 2.82 bits per heavy atom. The van der Waals surface area contributed by atoms with Crippen LogP contribution in [-0.4, -0.2) is 19.3 Å². The Morgan fingerprint density at radius 2 is 2.45 bits per heavy atom. The van der Waals surface area contributed by atoms with Gasteiger partial charge < -0.3 is 9.47 Å². The predicted octanol–water partition coefficient (Wildman–Crippen LogP) is 1.88.